The van der Waals surface area contributed by atoms with Crippen molar-refractivity contribution >= 4 is 5.97 Å². The predicted molar refractivity (Wildman–Crippen MR) is 104 cm³/mol. The van der Waals surface area contributed by atoms with Crippen LogP contribution in [0.1, 0.15) is 48.7 Å². The molecule has 0 bridgehead atoms. The van der Waals surface area contributed by atoms with E-state index in [1.807, 2.05) is 6.92 Å². The number of nitrogens with one attached hydrogen (secondary N) is 1. The van der Waals surface area contributed by atoms with Gasteiger partial charge >= 0.3 is 12.1 Å². The summed E-state index contributed by atoms with van der Waals surface area (Å²) >= 11 is 0. The maximum atomic E-state index is 14.1. The van der Waals surface area contributed by atoms with Crippen LogP contribution in [0, 0.1) is 18.7 Å². The smallest absolute Gasteiger partial charge is 0.473 e. The summed E-state index contributed by atoms with van der Waals surface area (Å²) in [4.78, 5) is 11.3. The zero-order chi connectivity index (χ0) is 22.6. The molecule has 3 rings (SSSR count). The summed E-state index contributed by atoms with van der Waals surface area (Å²) in [7, 11) is 1.35. The van der Waals surface area contributed by atoms with Crippen LogP contribution in [-0.2, 0) is 22.7 Å². The van der Waals surface area contributed by atoms with Crippen LogP contribution >= 0.6 is 0 Å². The molecule has 1 aromatic heterocycles. The van der Waals surface area contributed by atoms with Crippen molar-refractivity contribution in [1.82, 2.24) is 15.1 Å². The number of carbonyl (C=O) groups is 1. The quantitative estimate of drug-likeness (QED) is 0.372. The summed E-state index contributed by atoms with van der Waals surface area (Å²) in [6, 6.07) is 6.07. The number of ether oxygens (including phenoxy) is 2. The Balaban J connectivity index is 1.82. The van der Waals surface area contributed by atoms with Crippen molar-refractivity contribution in [2.24, 2.45) is 5.92 Å². The van der Waals surface area contributed by atoms with Gasteiger partial charge in [-0.1, -0.05) is 24.5 Å². The van der Waals surface area contributed by atoms with Gasteiger partial charge in [0.15, 0.2) is 6.23 Å². The van der Waals surface area contributed by atoms with E-state index < -0.39 is 24.2 Å². The minimum atomic E-state index is -5.12. The third-order valence-corrected chi connectivity index (χ3v) is 5.23. The summed E-state index contributed by atoms with van der Waals surface area (Å²) in [6.07, 6.45) is -2.29. The van der Waals surface area contributed by atoms with Crippen molar-refractivity contribution in [2.75, 3.05) is 7.05 Å². The van der Waals surface area contributed by atoms with Crippen molar-refractivity contribution in [1.29, 1.82) is 0 Å². The topological polar surface area (TPSA) is 65.4 Å². The number of aromatic nitrogens is 2. The summed E-state index contributed by atoms with van der Waals surface area (Å²) in [6.45, 7) is 2.27. The fourth-order valence-corrected chi connectivity index (χ4v) is 3.64. The molecule has 0 amide bonds. The SMILES string of the molecule is CNC(OC(=O)C(F)(F)F)c1cc(OCc2cc(C)ccc2F)n(CC2CCCC2)n1. The fraction of sp³-hybridized carbons (Fsp3) is 0.524. The lowest BCUT2D eigenvalue weighted by atomic mass is 10.1. The van der Waals surface area contributed by atoms with Crippen LogP contribution < -0.4 is 10.1 Å². The van der Waals surface area contributed by atoms with E-state index in [1.165, 1.54) is 19.2 Å². The number of hydrogen-bond donors (Lipinski definition) is 1. The van der Waals surface area contributed by atoms with Crippen molar-refractivity contribution in [3.63, 3.8) is 0 Å². The molecule has 1 saturated carbocycles. The van der Waals surface area contributed by atoms with Gasteiger partial charge in [-0.25, -0.2) is 13.9 Å². The number of esters is 1. The van der Waals surface area contributed by atoms with E-state index in [0.717, 1.165) is 31.2 Å². The lowest BCUT2D eigenvalue weighted by Crippen LogP contribution is -2.31. The highest BCUT2D eigenvalue weighted by atomic mass is 19.4. The van der Waals surface area contributed by atoms with E-state index in [9.17, 15) is 22.4 Å². The van der Waals surface area contributed by atoms with Crippen LogP contribution in [0.15, 0.2) is 24.3 Å². The van der Waals surface area contributed by atoms with Crippen molar-refractivity contribution in [2.45, 2.75) is 58.2 Å². The molecule has 1 atom stereocenters. The Morgan fingerprint density at radius 3 is 2.65 bits per heavy atom. The maximum Gasteiger partial charge on any atom is 0.490 e. The molecule has 0 saturated heterocycles. The standard InChI is InChI=1S/C21H25F4N3O3/c1-13-7-8-16(22)15(9-13)12-30-18-10-17(19(26-2)31-20(29)21(23,24)25)27-28(18)11-14-5-3-4-6-14/h7-10,14,19,26H,3-6,11-12H2,1-2H3. The molecule has 1 N–H and O–H groups in total. The Bertz CT molecular complexity index is 908. The summed E-state index contributed by atoms with van der Waals surface area (Å²) in [5, 5.41) is 6.83. The number of benzene rings is 1. The van der Waals surface area contributed by atoms with Crippen molar-refractivity contribution < 1.29 is 31.8 Å². The van der Waals surface area contributed by atoms with Gasteiger partial charge in [0, 0.05) is 18.2 Å². The van der Waals surface area contributed by atoms with Gasteiger partial charge in [-0.2, -0.15) is 18.3 Å². The molecule has 1 aliphatic carbocycles. The van der Waals surface area contributed by atoms with Gasteiger partial charge in [0.05, 0.1) is 0 Å². The molecule has 1 aliphatic rings. The first-order chi connectivity index (χ1) is 14.7. The third-order valence-electron chi connectivity index (χ3n) is 5.23. The first-order valence-corrected chi connectivity index (χ1v) is 10.1. The molecule has 170 valence electrons. The molecule has 1 aromatic carbocycles. The molecule has 10 heteroatoms. The molecule has 1 unspecified atom stereocenters. The zero-order valence-corrected chi connectivity index (χ0v) is 17.3. The van der Waals surface area contributed by atoms with Crippen LogP contribution in [0.2, 0.25) is 0 Å². The fourth-order valence-electron chi connectivity index (χ4n) is 3.64. The van der Waals surface area contributed by atoms with E-state index >= 15 is 0 Å². The lowest BCUT2D eigenvalue weighted by Gasteiger charge is -2.16. The minimum Gasteiger partial charge on any atom is -0.473 e. The zero-order valence-electron chi connectivity index (χ0n) is 17.3. The largest absolute Gasteiger partial charge is 0.490 e. The van der Waals surface area contributed by atoms with Gasteiger partial charge in [0.25, 0.3) is 0 Å². The highest BCUT2D eigenvalue weighted by Gasteiger charge is 2.42. The van der Waals surface area contributed by atoms with Crippen LogP contribution in [0.5, 0.6) is 5.88 Å². The van der Waals surface area contributed by atoms with Crippen molar-refractivity contribution in [3.8, 4) is 5.88 Å². The van der Waals surface area contributed by atoms with Gasteiger partial charge in [-0.15, -0.1) is 0 Å². The molecule has 0 spiro atoms. The number of hydrogen-bond acceptors (Lipinski definition) is 5. The van der Waals surface area contributed by atoms with Gasteiger partial charge in [0.2, 0.25) is 5.88 Å². The number of nitrogens with zero attached hydrogens (tertiary/aromatic N) is 2. The van der Waals surface area contributed by atoms with Gasteiger partial charge in [-0.3, -0.25) is 5.32 Å². The molecular weight excluding hydrogens is 418 g/mol. The van der Waals surface area contributed by atoms with Crippen LogP contribution in [0.25, 0.3) is 0 Å². The molecule has 6 nitrogen and oxygen atoms in total. The van der Waals surface area contributed by atoms with E-state index in [1.54, 1.807) is 16.8 Å². The molecule has 1 fully saturated rings. The van der Waals surface area contributed by atoms with E-state index in [0.29, 0.717) is 18.0 Å². The normalized spacial score (nSPS) is 15.8. The Kier molecular flexibility index (Phi) is 7.19. The monoisotopic (exact) mass is 443 g/mol. The number of carbonyl (C=O) groups excluding carboxylic acids is 1. The molecule has 0 aliphatic heterocycles. The van der Waals surface area contributed by atoms with Gasteiger partial charge in [0.1, 0.15) is 18.1 Å². The number of alkyl halides is 3. The Morgan fingerprint density at radius 2 is 2.00 bits per heavy atom. The highest BCUT2D eigenvalue weighted by molar-refractivity contribution is 5.75. The van der Waals surface area contributed by atoms with Crippen molar-refractivity contribution in [3.05, 3.63) is 46.9 Å². The first-order valence-electron chi connectivity index (χ1n) is 10.1. The molecule has 2 aromatic rings. The van der Waals surface area contributed by atoms with Crippen LogP contribution in [0.4, 0.5) is 17.6 Å². The van der Waals surface area contributed by atoms with E-state index in [2.05, 4.69) is 15.2 Å². The summed E-state index contributed by atoms with van der Waals surface area (Å²) in [5.41, 5.74) is 1.29. The Labute approximate surface area is 177 Å². The molecule has 1 heterocycles. The molecule has 0 radical (unpaired) electrons. The lowest BCUT2D eigenvalue weighted by molar-refractivity contribution is -0.206. The predicted octanol–water partition coefficient (Wildman–Crippen LogP) is 4.42. The summed E-state index contributed by atoms with van der Waals surface area (Å²) in [5.74, 6) is -2.11. The first kappa shape index (κ1) is 23.1. The minimum absolute atomic E-state index is 0.0674. The molecular formula is C21H25F4N3O3. The second-order valence-corrected chi connectivity index (χ2v) is 7.70. The second-order valence-electron chi connectivity index (χ2n) is 7.70. The maximum absolute atomic E-state index is 14.1. The van der Waals surface area contributed by atoms with Crippen LogP contribution in [-0.4, -0.2) is 29.0 Å². The number of rotatable bonds is 8. The number of aryl methyl sites for hydroxylation is 1. The average Bonchev–Trinajstić information content (AvgIpc) is 3.36. The Morgan fingerprint density at radius 1 is 1.29 bits per heavy atom. The second kappa shape index (κ2) is 9.67. The van der Waals surface area contributed by atoms with Gasteiger partial charge in [-0.05, 0) is 44.9 Å². The van der Waals surface area contributed by atoms with Gasteiger partial charge < -0.3 is 9.47 Å². The van der Waals surface area contributed by atoms with E-state index in [4.69, 9.17) is 4.74 Å². The van der Waals surface area contributed by atoms with Crippen LogP contribution in [0.3, 0.4) is 0 Å². The average molecular weight is 443 g/mol. The van der Waals surface area contributed by atoms with E-state index in [-0.39, 0.29) is 18.2 Å². The molecule has 31 heavy (non-hydrogen) atoms. The Hall–Kier alpha value is -2.62. The number of halogens is 4. The highest BCUT2D eigenvalue weighted by Crippen LogP contribution is 2.30. The third kappa shape index (κ3) is 5.96. The summed E-state index contributed by atoms with van der Waals surface area (Å²) < 4.78 is 63.7.